The Hall–Kier alpha value is -1.93. The molecule has 3 N–H and O–H groups in total. The summed E-state index contributed by atoms with van der Waals surface area (Å²) in [4.78, 5) is 21.7. The second kappa shape index (κ2) is 5.15. The van der Waals surface area contributed by atoms with Crippen molar-refractivity contribution < 1.29 is 19.9 Å². The first kappa shape index (κ1) is 14.1. The van der Waals surface area contributed by atoms with Gasteiger partial charge in [-0.1, -0.05) is 0 Å². The van der Waals surface area contributed by atoms with Crippen LogP contribution in [0.2, 0.25) is 0 Å². The van der Waals surface area contributed by atoms with Gasteiger partial charge in [-0.3, -0.25) is 4.79 Å². The lowest BCUT2D eigenvalue weighted by molar-refractivity contribution is -0.391. The number of aromatic nitrogens is 1. The molecule has 0 saturated heterocycles. The summed E-state index contributed by atoms with van der Waals surface area (Å²) in [5.74, 6) is -0.756. The fourth-order valence-corrected chi connectivity index (χ4v) is 1.33. The van der Waals surface area contributed by atoms with Crippen LogP contribution < -0.4 is 5.32 Å². The average Bonchev–Trinajstić information content (AvgIpc) is 2.68. The van der Waals surface area contributed by atoms with Crippen molar-refractivity contribution in [3.63, 3.8) is 0 Å². The van der Waals surface area contributed by atoms with Gasteiger partial charge in [0.15, 0.2) is 5.69 Å². The summed E-state index contributed by atoms with van der Waals surface area (Å²) < 4.78 is 1.14. The minimum absolute atomic E-state index is 0.107. The highest BCUT2D eigenvalue weighted by Crippen LogP contribution is 2.14. The maximum absolute atomic E-state index is 11.7. The van der Waals surface area contributed by atoms with Crippen molar-refractivity contribution in [1.29, 1.82) is 0 Å². The molecule has 1 atom stereocenters. The number of hydrogen-bond acceptors (Lipinski definition) is 5. The van der Waals surface area contributed by atoms with Gasteiger partial charge in [0.05, 0.1) is 13.7 Å². The van der Waals surface area contributed by atoms with Crippen molar-refractivity contribution in [1.82, 2.24) is 9.88 Å². The van der Waals surface area contributed by atoms with Gasteiger partial charge in [0.25, 0.3) is 5.91 Å². The standard InChI is InChI=1S/C10H15N3O5/c1-10(16,6-14)5-11-9(15)7-3-4-8(12(7)2)13(17)18/h3-4,14,16H,5-6H2,1-2H3,(H,11,15). The second-order valence-corrected chi connectivity index (χ2v) is 4.23. The topological polar surface area (TPSA) is 118 Å². The smallest absolute Gasteiger partial charge is 0.323 e. The van der Waals surface area contributed by atoms with Gasteiger partial charge in [-0.15, -0.1) is 0 Å². The minimum Gasteiger partial charge on any atom is -0.393 e. The summed E-state index contributed by atoms with van der Waals surface area (Å²) in [7, 11) is 1.40. The van der Waals surface area contributed by atoms with Crippen LogP contribution >= 0.6 is 0 Å². The Labute approximate surface area is 103 Å². The lowest BCUT2D eigenvalue weighted by atomic mass is 10.1. The van der Waals surface area contributed by atoms with E-state index in [1.165, 1.54) is 26.1 Å². The Bertz CT molecular complexity index is 466. The fraction of sp³-hybridized carbons (Fsp3) is 0.500. The number of aliphatic hydroxyl groups excluding tert-OH is 1. The van der Waals surface area contributed by atoms with Gasteiger partial charge in [-0.05, 0) is 17.9 Å². The highest BCUT2D eigenvalue weighted by atomic mass is 16.6. The molecule has 0 aliphatic rings. The Morgan fingerprint density at radius 2 is 2.22 bits per heavy atom. The van der Waals surface area contributed by atoms with Crippen molar-refractivity contribution in [2.45, 2.75) is 12.5 Å². The predicted octanol–water partition coefficient (Wildman–Crippen LogP) is -0.594. The lowest BCUT2D eigenvalue weighted by Crippen LogP contribution is -2.43. The van der Waals surface area contributed by atoms with Gasteiger partial charge in [-0.2, -0.15) is 0 Å². The zero-order valence-electron chi connectivity index (χ0n) is 10.1. The summed E-state index contributed by atoms with van der Waals surface area (Å²) in [6.07, 6.45) is 0. The number of aliphatic hydroxyl groups is 2. The zero-order valence-corrected chi connectivity index (χ0v) is 10.1. The van der Waals surface area contributed by atoms with Gasteiger partial charge >= 0.3 is 5.82 Å². The van der Waals surface area contributed by atoms with Crippen LogP contribution in [0.3, 0.4) is 0 Å². The van der Waals surface area contributed by atoms with Gasteiger partial charge < -0.3 is 25.6 Å². The van der Waals surface area contributed by atoms with Crippen LogP contribution in [-0.2, 0) is 7.05 Å². The van der Waals surface area contributed by atoms with Crippen LogP contribution in [0.15, 0.2) is 12.1 Å². The maximum Gasteiger partial charge on any atom is 0.323 e. The van der Waals surface area contributed by atoms with Gasteiger partial charge in [0, 0.05) is 12.6 Å². The van der Waals surface area contributed by atoms with Crippen molar-refractivity contribution in [3.8, 4) is 0 Å². The van der Waals surface area contributed by atoms with Crippen LogP contribution in [0, 0.1) is 10.1 Å². The normalized spacial score (nSPS) is 14.0. The highest BCUT2D eigenvalue weighted by Gasteiger charge is 2.24. The molecule has 0 bridgehead atoms. The molecule has 0 aliphatic carbocycles. The highest BCUT2D eigenvalue weighted by molar-refractivity contribution is 5.93. The molecule has 0 aromatic carbocycles. The number of nitrogens with one attached hydrogen (secondary N) is 1. The van der Waals surface area contributed by atoms with Crippen molar-refractivity contribution in [2.24, 2.45) is 7.05 Å². The summed E-state index contributed by atoms with van der Waals surface area (Å²) >= 11 is 0. The molecule has 1 aromatic heterocycles. The molecule has 0 fully saturated rings. The van der Waals surface area contributed by atoms with E-state index in [2.05, 4.69) is 5.32 Å². The first-order valence-electron chi connectivity index (χ1n) is 5.20. The molecular formula is C10H15N3O5. The lowest BCUT2D eigenvalue weighted by Gasteiger charge is -2.20. The molecule has 1 heterocycles. The SMILES string of the molecule is Cn1c(C(=O)NCC(C)(O)CO)ccc1[N+](=O)[O-]. The third-order valence-electron chi connectivity index (χ3n) is 2.49. The molecule has 18 heavy (non-hydrogen) atoms. The Balaban J connectivity index is 2.77. The molecule has 0 radical (unpaired) electrons. The molecular weight excluding hydrogens is 242 g/mol. The van der Waals surface area contributed by atoms with Crippen molar-refractivity contribution in [2.75, 3.05) is 13.2 Å². The number of carbonyl (C=O) groups is 1. The number of hydrogen-bond donors (Lipinski definition) is 3. The van der Waals surface area contributed by atoms with E-state index in [-0.39, 0.29) is 18.1 Å². The van der Waals surface area contributed by atoms with E-state index in [1.54, 1.807) is 0 Å². The summed E-state index contributed by atoms with van der Waals surface area (Å²) in [6.45, 7) is 0.711. The van der Waals surface area contributed by atoms with Crippen LogP contribution in [-0.4, -0.2) is 44.4 Å². The van der Waals surface area contributed by atoms with E-state index < -0.39 is 23.0 Å². The third kappa shape index (κ3) is 3.05. The molecule has 1 rings (SSSR count). The monoisotopic (exact) mass is 257 g/mol. The second-order valence-electron chi connectivity index (χ2n) is 4.23. The van der Waals surface area contributed by atoms with E-state index >= 15 is 0 Å². The van der Waals surface area contributed by atoms with E-state index in [4.69, 9.17) is 5.11 Å². The number of amides is 1. The third-order valence-corrected chi connectivity index (χ3v) is 2.49. The molecule has 0 spiro atoms. The van der Waals surface area contributed by atoms with Crippen LogP contribution in [0.1, 0.15) is 17.4 Å². The Morgan fingerprint density at radius 1 is 1.61 bits per heavy atom. The number of rotatable bonds is 5. The van der Waals surface area contributed by atoms with Crippen LogP contribution in [0.4, 0.5) is 5.82 Å². The first-order valence-corrected chi connectivity index (χ1v) is 5.20. The maximum atomic E-state index is 11.7. The molecule has 1 aromatic rings. The first-order chi connectivity index (χ1) is 8.28. The van der Waals surface area contributed by atoms with E-state index in [9.17, 15) is 20.0 Å². The fourth-order valence-electron chi connectivity index (χ4n) is 1.33. The summed E-state index contributed by atoms with van der Waals surface area (Å²) in [6, 6.07) is 2.54. The zero-order chi connectivity index (χ0) is 13.9. The average molecular weight is 257 g/mol. The molecule has 1 amide bonds. The Kier molecular flexibility index (Phi) is 4.04. The summed E-state index contributed by atoms with van der Waals surface area (Å²) in [5.41, 5.74) is -1.32. The van der Waals surface area contributed by atoms with E-state index in [1.807, 2.05) is 0 Å². The summed E-state index contributed by atoms with van der Waals surface area (Å²) in [5, 5.41) is 31.3. The van der Waals surface area contributed by atoms with E-state index in [0.717, 1.165) is 4.57 Å². The van der Waals surface area contributed by atoms with Gasteiger partial charge in [-0.25, -0.2) is 4.57 Å². The van der Waals surface area contributed by atoms with Gasteiger partial charge in [0.1, 0.15) is 5.60 Å². The minimum atomic E-state index is -1.42. The molecule has 8 nitrogen and oxygen atoms in total. The molecule has 1 unspecified atom stereocenters. The number of nitro groups is 1. The molecule has 100 valence electrons. The predicted molar refractivity (Wildman–Crippen MR) is 62.1 cm³/mol. The van der Waals surface area contributed by atoms with Gasteiger partial charge in [0.2, 0.25) is 0 Å². The quantitative estimate of drug-likeness (QED) is 0.481. The van der Waals surface area contributed by atoms with Crippen LogP contribution in [0.5, 0.6) is 0 Å². The number of carbonyl (C=O) groups excluding carboxylic acids is 1. The molecule has 8 heteroatoms. The molecule has 0 saturated carbocycles. The van der Waals surface area contributed by atoms with Crippen LogP contribution in [0.25, 0.3) is 0 Å². The largest absolute Gasteiger partial charge is 0.393 e. The van der Waals surface area contributed by atoms with E-state index in [0.29, 0.717) is 0 Å². The number of nitrogens with zero attached hydrogens (tertiary/aromatic N) is 2. The van der Waals surface area contributed by atoms with Crippen molar-refractivity contribution in [3.05, 3.63) is 27.9 Å². The van der Waals surface area contributed by atoms with Crippen molar-refractivity contribution >= 4 is 11.7 Å². The Morgan fingerprint density at radius 3 is 2.67 bits per heavy atom. The molecule has 0 aliphatic heterocycles.